The first-order valence-corrected chi connectivity index (χ1v) is 7.20. The Morgan fingerprint density at radius 2 is 2.15 bits per heavy atom. The van der Waals surface area contributed by atoms with Gasteiger partial charge in [0, 0.05) is 11.9 Å². The fraction of sp³-hybridized carbons (Fsp3) is 0.167. The summed E-state index contributed by atoms with van der Waals surface area (Å²) in [5.74, 6) is -0.814. The minimum atomic E-state index is -4.01. The van der Waals surface area contributed by atoms with Gasteiger partial charge in [0.2, 0.25) is 10.0 Å². The van der Waals surface area contributed by atoms with E-state index in [1.807, 2.05) is 0 Å². The van der Waals surface area contributed by atoms with Crippen LogP contribution in [0.3, 0.4) is 0 Å². The Morgan fingerprint density at radius 1 is 1.40 bits per heavy atom. The standard InChI is InChI=1S/C12H13FN4O2S/c1-8-5-9(14)6-11(12(8)13)20(18,19)16-7-10-3-2-4-15-17-10/h2-6,16H,7,14H2,1H3. The van der Waals surface area contributed by atoms with Crippen molar-refractivity contribution in [1.29, 1.82) is 0 Å². The van der Waals surface area contributed by atoms with Crippen LogP contribution in [0.2, 0.25) is 0 Å². The molecule has 0 amide bonds. The van der Waals surface area contributed by atoms with E-state index in [1.54, 1.807) is 12.1 Å². The lowest BCUT2D eigenvalue weighted by atomic mass is 10.2. The number of anilines is 1. The van der Waals surface area contributed by atoms with Crippen molar-refractivity contribution in [1.82, 2.24) is 14.9 Å². The van der Waals surface area contributed by atoms with E-state index in [0.717, 1.165) is 6.07 Å². The minimum Gasteiger partial charge on any atom is -0.399 e. The molecule has 0 saturated carbocycles. The number of aryl methyl sites for hydroxylation is 1. The molecule has 0 aliphatic carbocycles. The molecule has 1 heterocycles. The Hall–Kier alpha value is -2.06. The van der Waals surface area contributed by atoms with Crippen LogP contribution in [0.25, 0.3) is 0 Å². The van der Waals surface area contributed by atoms with Gasteiger partial charge in [-0.25, -0.2) is 17.5 Å². The van der Waals surface area contributed by atoms with Crippen molar-refractivity contribution in [2.24, 2.45) is 0 Å². The Bertz CT molecular complexity index is 720. The predicted molar refractivity (Wildman–Crippen MR) is 71.6 cm³/mol. The zero-order valence-corrected chi connectivity index (χ0v) is 11.5. The van der Waals surface area contributed by atoms with Gasteiger partial charge in [-0.15, -0.1) is 0 Å². The first-order valence-electron chi connectivity index (χ1n) is 5.72. The molecule has 0 spiro atoms. The molecular formula is C12H13FN4O2S. The van der Waals surface area contributed by atoms with Gasteiger partial charge < -0.3 is 5.73 Å². The monoisotopic (exact) mass is 296 g/mol. The Labute approximate surface area is 115 Å². The summed E-state index contributed by atoms with van der Waals surface area (Å²) < 4.78 is 40.3. The molecule has 0 aliphatic heterocycles. The molecule has 0 radical (unpaired) electrons. The van der Waals surface area contributed by atoms with Gasteiger partial charge in [-0.05, 0) is 36.8 Å². The molecule has 1 aromatic carbocycles. The van der Waals surface area contributed by atoms with E-state index in [4.69, 9.17) is 5.73 Å². The number of benzene rings is 1. The molecule has 1 aromatic heterocycles. The molecule has 0 atom stereocenters. The minimum absolute atomic E-state index is 0.0799. The van der Waals surface area contributed by atoms with Gasteiger partial charge in [0.1, 0.15) is 10.7 Å². The van der Waals surface area contributed by atoms with Crippen LogP contribution in [0.4, 0.5) is 10.1 Å². The summed E-state index contributed by atoms with van der Waals surface area (Å²) in [4.78, 5) is -0.473. The van der Waals surface area contributed by atoms with Crippen LogP contribution in [0.5, 0.6) is 0 Å². The van der Waals surface area contributed by atoms with E-state index in [2.05, 4.69) is 14.9 Å². The maximum absolute atomic E-state index is 13.9. The van der Waals surface area contributed by atoms with Crippen molar-refractivity contribution in [3.05, 3.63) is 47.5 Å². The van der Waals surface area contributed by atoms with E-state index >= 15 is 0 Å². The van der Waals surface area contributed by atoms with Crippen LogP contribution < -0.4 is 10.5 Å². The fourth-order valence-electron chi connectivity index (χ4n) is 1.63. The van der Waals surface area contributed by atoms with E-state index < -0.39 is 20.7 Å². The van der Waals surface area contributed by atoms with Crippen molar-refractivity contribution < 1.29 is 12.8 Å². The number of nitrogen functional groups attached to an aromatic ring is 1. The van der Waals surface area contributed by atoms with E-state index in [-0.39, 0.29) is 17.8 Å². The Morgan fingerprint density at radius 3 is 2.80 bits per heavy atom. The molecule has 8 heteroatoms. The molecule has 0 bridgehead atoms. The van der Waals surface area contributed by atoms with Gasteiger partial charge in [0.05, 0.1) is 12.2 Å². The number of hydrogen-bond acceptors (Lipinski definition) is 5. The third-order valence-corrected chi connectivity index (χ3v) is 4.00. The Balaban J connectivity index is 2.27. The predicted octanol–water partition coefficient (Wildman–Crippen LogP) is 0.985. The summed E-state index contributed by atoms with van der Waals surface area (Å²) in [5.41, 5.74) is 6.33. The summed E-state index contributed by atoms with van der Waals surface area (Å²) in [6.45, 7) is 1.37. The molecule has 106 valence electrons. The molecule has 2 rings (SSSR count). The lowest BCUT2D eigenvalue weighted by Gasteiger charge is -2.09. The van der Waals surface area contributed by atoms with Gasteiger partial charge >= 0.3 is 0 Å². The highest BCUT2D eigenvalue weighted by atomic mass is 32.2. The van der Waals surface area contributed by atoms with Crippen molar-refractivity contribution in [3.8, 4) is 0 Å². The van der Waals surface area contributed by atoms with Crippen LogP contribution >= 0.6 is 0 Å². The number of sulfonamides is 1. The Kier molecular flexibility index (Phi) is 3.96. The van der Waals surface area contributed by atoms with Crippen LogP contribution in [0.15, 0.2) is 35.4 Å². The summed E-state index contributed by atoms with van der Waals surface area (Å²) >= 11 is 0. The van der Waals surface area contributed by atoms with Gasteiger partial charge in [-0.3, -0.25) is 0 Å². The number of nitrogens with zero attached hydrogens (tertiary/aromatic N) is 2. The molecule has 0 saturated heterocycles. The number of halogens is 1. The topological polar surface area (TPSA) is 98.0 Å². The van der Waals surface area contributed by atoms with Crippen LogP contribution in [-0.4, -0.2) is 18.6 Å². The van der Waals surface area contributed by atoms with Crippen LogP contribution in [-0.2, 0) is 16.6 Å². The van der Waals surface area contributed by atoms with Crippen molar-refractivity contribution in [2.75, 3.05) is 5.73 Å². The van der Waals surface area contributed by atoms with Crippen molar-refractivity contribution >= 4 is 15.7 Å². The second-order valence-electron chi connectivity index (χ2n) is 4.19. The number of nitrogens with one attached hydrogen (secondary N) is 1. The molecule has 2 aromatic rings. The SMILES string of the molecule is Cc1cc(N)cc(S(=O)(=O)NCc2cccnn2)c1F. The zero-order valence-electron chi connectivity index (χ0n) is 10.7. The molecule has 0 fully saturated rings. The second kappa shape index (κ2) is 5.51. The normalized spacial score (nSPS) is 11.5. The molecule has 0 aliphatic rings. The summed E-state index contributed by atoms with van der Waals surface area (Å²) in [6.07, 6.45) is 1.47. The first kappa shape index (κ1) is 14.4. The maximum Gasteiger partial charge on any atom is 0.243 e. The maximum atomic E-state index is 13.9. The van der Waals surface area contributed by atoms with Gasteiger partial charge in [0.15, 0.2) is 0 Å². The average molecular weight is 296 g/mol. The summed E-state index contributed by atoms with van der Waals surface area (Å²) in [5, 5.41) is 7.36. The van der Waals surface area contributed by atoms with Crippen molar-refractivity contribution in [2.45, 2.75) is 18.4 Å². The molecule has 6 nitrogen and oxygen atoms in total. The number of aromatic nitrogens is 2. The number of hydrogen-bond donors (Lipinski definition) is 2. The zero-order chi connectivity index (χ0) is 14.8. The lowest BCUT2D eigenvalue weighted by molar-refractivity contribution is 0.552. The van der Waals surface area contributed by atoms with Gasteiger partial charge in [-0.2, -0.15) is 10.2 Å². The highest BCUT2D eigenvalue weighted by Crippen LogP contribution is 2.21. The highest BCUT2D eigenvalue weighted by Gasteiger charge is 2.21. The number of rotatable bonds is 4. The first-order chi connectivity index (χ1) is 9.40. The fourth-order valence-corrected chi connectivity index (χ4v) is 2.82. The largest absolute Gasteiger partial charge is 0.399 e. The highest BCUT2D eigenvalue weighted by molar-refractivity contribution is 7.89. The summed E-state index contributed by atoms with van der Waals surface area (Å²) in [7, 11) is -4.01. The third-order valence-electron chi connectivity index (χ3n) is 2.60. The third kappa shape index (κ3) is 3.09. The smallest absolute Gasteiger partial charge is 0.243 e. The van der Waals surface area contributed by atoms with Crippen molar-refractivity contribution in [3.63, 3.8) is 0 Å². The van der Waals surface area contributed by atoms with Crippen LogP contribution in [0, 0.1) is 12.7 Å². The van der Waals surface area contributed by atoms with E-state index in [1.165, 1.54) is 19.2 Å². The van der Waals surface area contributed by atoms with Crippen LogP contribution in [0.1, 0.15) is 11.3 Å². The quantitative estimate of drug-likeness (QED) is 0.820. The van der Waals surface area contributed by atoms with E-state index in [9.17, 15) is 12.8 Å². The number of nitrogens with two attached hydrogens (primary N) is 1. The summed E-state index contributed by atoms with van der Waals surface area (Å²) in [6, 6.07) is 5.69. The average Bonchev–Trinajstić information content (AvgIpc) is 2.42. The molecule has 20 heavy (non-hydrogen) atoms. The van der Waals surface area contributed by atoms with Gasteiger partial charge in [-0.1, -0.05) is 0 Å². The second-order valence-corrected chi connectivity index (χ2v) is 5.92. The lowest BCUT2D eigenvalue weighted by Crippen LogP contribution is -2.25. The molecule has 3 N–H and O–H groups in total. The van der Waals surface area contributed by atoms with Gasteiger partial charge in [0.25, 0.3) is 0 Å². The molecular weight excluding hydrogens is 283 g/mol. The van der Waals surface area contributed by atoms with E-state index in [0.29, 0.717) is 5.69 Å². The molecule has 0 unspecified atom stereocenters.